The van der Waals surface area contributed by atoms with Gasteiger partial charge in [-0.2, -0.15) is 5.10 Å². The Kier molecular flexibility index (Phi) is 5.65. The molecule has 154 valence electrons. The maximum Gasteiger partial charge on any atom is 0.274 e. The Morgan fingerprint density at radius 3 is 2.73 bits per heavy atom. The van der Waals surface area contributed by atoms with E-state index in [1.165, 1.54) is 6.07 Å². The number of amides is 1. The smallest absolute Gasteiger partial charge is 0.274 e. The molecule has 1 amide bonds. The Morgan fingerprint density at radius 2 is 2.00 bits per heavy atom. The molecule has 0 unspecified atom stereocenters. The molecule has 1 aliphatic rings. The maximum atomic E-state index is 14.3. The minimum atomic E-state index is -0.346. The van der Waals surface area contributed by atoms with Crippen molar-refractivity contribution >= 4 is 5.91 Å². The molecule has 0 spiro atoms. The fourth-order valence-electron chi connectivity index (χ4n) is 3.80. The predicted octanol–water partition coefficient (Wildman–Crippen LogP) is 4.34. The summed E-state index contributed by atoms with van der Waals surface area (Å²) in [5.41, 5.74) is 3.65. The number of nitrogens with zero attached hydrogens (tertiary/aromatic N) is 3. The van der Waals surface area contributed by atoms with Crippen molar-refractivity contribution in [2.24, 2.45) is 0 Å². The van der Waals surface area contributed by atoms with Gasteiger partial charge in [0.05, 0.1) is 0 Å². The van der Waals surface area contributed by atoms with E-state index in [1.807, 2.05) is 24.3 Å². The summed E-state index contributed by atoms with van der Waals surface area (Å²) in [5, 5.41) is 4.53. The van der Waals surface area contributed by atoms with E-state index in [2.05, 4.69) is 11.7 Å². The van der Waals surface area contributed by atoms with Crippen molar-refractivity contribution in [1.29, 1.82) is 0 Å². The number of fused-ring (bicyclic) bond motifs is 1. The van der Waals surface area contributed by atoms with Gasteiger partial charge in [-0.3, -0.25) is 4.79 Å². The highest BCUT2D eigenvalue weighted by molar-refractivity contribution is 5.94. The molecule has 0 fully saturated rings. The first-order valence-corrected chi connectivity index (χ1v) is 10.0. The summed E-state index contributed by atoms with van der Waals surface area (Å²) >= 11 is 0. The number of rotatable bonds is 7. The monoisotopic (exact) mass is 405 g/mol. The number of benzene rings is 2. The van der Waals surface area contributed by atoms with Gasteiger partial charge in [0.15, 0.2) is 5.69 Å². The molecule has 0 saturated heterocycles. The molecule has 0 radical (unpaired) electrons. The fourth-order valence-corrected chi connectivity index (χ4v) is 3.80. The Hall–Kier alpha value is -3.41. The summed E-state index contributed by atoms with van der Waals surface area (Å²) in [6, 6.07) is 14.1. The van der Waals surface area contributed by atoms with Crippen LogP contribution in [-0.2, 0) is 19.4 Å². The van der Waals surface area contributed by atoms with Crippen LogP contribution in [0.4, 0.5) is 4.39 Å². The summed E-state index contributed by atoms with van der Waals surface area (Å²) < 4.78 is 21.4. The van der Waals surface area contributed by atoms with Crippen LogP contribution in [0.3, 0.4) is 0 Å². The van der Waals surface area contributed by atoms with Gasteiger partial charge in [-0.05, 0) is 49.1 Å². The zero-order valence-electron chi connectivity index (χ0n) is 17.0. The average Bonchev–Trinajstić information content (AvgIpc) is 3.36. The summed E-state index contributed by atoms with van der Waals surface area (Å²) in [5.74, 6) is 0.255. The van der Waals surface area contributed by atoms with Gasteiger partial charge in [0, 0.05) is 24.8 Å². The van der Waals surface area contributed by atoms with Crippen LogP contribution in [0.1, 0.15) is 33.7 Å². The summed E-state index contributed by atoms with van der Waals surface area (Å²) in [4.78, 5) is 14.8. The van der Waals surface area contributed by atoms with Crippen LogP contribution in [-0.4, -0.2) is 34.2 Å². The molecular weight excluding hydrogens is 381 g/mol. The molecule has 0 saturated carbocycles. The standard InChI is InChI=1S/C24H24FN3O2/c1-3-15-30-18-13-11-17(12-14-18)16-27(2)24(29)23-19-7-6-10-21(19)28(26-23)22-9-5-4-8-20(22)25/h3-5,8-9,11-14H,1,6-7,10,15-16H2,2H3. The minimum absolute atomic E-state index is 0.157. The molecule has 30 heavy (non-hydrogen) atoms. The lowest BCUT2D eigenvalue weighted by molar-refractivity contribution is 0.0777. The van der Waals surface area contributed by atoms with Crippen molar-refractivity contribution in [2.45, 2.75) is 25.8 Å². The van der Waals surface area contributed by atoms with Crippen LogP contribution >= 0.6 is 0 Å². The number of aromatic nitrogens is 2. The normalized spacial score (nSPS) is 12.5. The van der Waals surface area contributed by atoms with Gasteiger partial charge in [-0.25, -0.2) is 9.07 Å². The molecule has 0 aliphatic heterocycles. The van der Waals surface area contributed by atoms with Crippen molar-refractivity contribution < 1.29 is 13.9 Å². The molecule has 0 bridgehead atoms. The van der Waals surface area contributed by atoms with E-state index in [1.54, 1.807) is 40.9 Å². The van der Waals surface area contributed by atoms with Gasteiger partial charge in [-0.1, -0.05) is 36.9 Å². The van der Waals surface area contributed by atoms with Gasteiger partial charge < -0.3 is 9.64 Å². The van der Waals surface area contributed by atoms with Crippen LogP contribution < -0.4 is 4.74 Å². The largest absolute Gasteiger partial charge is 0.490 e. The molecule has 4 rings (SSSR count). The molecule has 2 aromatic carbocycles. The van der Waals surface area contributed by atoms with Gasteiger partial charge in [0.25, 0.3) is 5.91 Å². The highest BCUT2D eigenvalue weighted by Crippen LogP contribution is 2.29. The number of hydrogen-bond donors (Lipinski definition) is 0. The number of halogens is 1. The molecule has 1 aromatic heterocycles. The van der Waals surface area contributed by atoms with E-state index in [4.69, 9.17) is 4.74 Å². The molecule has 5 nitrogen and oxygen atoms in total. The second-order valence-electron chi connectivity index (χ2n) is 7.40. The topological polar surface area (TPSA) is 47.4 Å². The van der Waals surface area contributed by atoms with Crippen LogP contribution in [0.25, 0.3) is 5.69 Å². The second-order valence-corrected chi connectivity index (χ2v) is 7.40. The van der Waals surface area contributed by atoms with Gasteiger partial charge in [0.2, 0.25) is 0 Å². The first kappa shape index (κ1) is 19.9. The summed E-state index contributed by atoms with van der Waals surface area (Å²) in [7, 11) is 1.76. The molecule has 0 atom stereocenters. The third kappa shape index (κ3) is 3.85. The quantitative estimate of drug-likeness (QED) is 0.550. The first-order valence-electron chi connectivity index (χ1n) is 10.0. The Morgan fingerprint density at radius 1 is 1.23 bits per heavy atom. The fraction of sp³-hybridized carbons (Fsp3) is 0.250. The van der Waals surface area contributed by atoms with Crippen molar-refractivity contribution in [1.82, 2.24) is 14.7 Å². The van der Waals surface area contributed by atoms with Crippen LogP contribution in [0.2, 0.25) is 0 Å². The van der Waals surface area contributed by atoms with Crippen molar-refractivity contribution in [3.8, 4) is 11.4 Å². The molecular formula is C24H24FN3O2. The van der Waals surface area contributed by atoms with Crippen LogP contribution in [0.5, 0.6) is 5.75 Å². The number of carbonyl (C=O) groups is 1. The molecule has 1 aliphatic carbocycles. The second kappa shape index (κ2) is 8.53. The van der Waals surface area contributed by atoms with E-state index >= 15 is 0 Å². The minimum Gasteiger partial charge on any atom is -0.490 e. The van der Waals surface area contributed by atoms with Gasteiger partial charge >= 0.3 is 0 Å². The number of carbonyl (C=O) groups excluding carboxylic acids is 1. The summed E-state index contributed by atoms with van der Waals surface area (Å²) in [6.45, 7) is 4.53. The number of ether oxygens (including phenoxy) is 1. The average molecular weight is 405 g/mol. The van der Waals surface area contributed by atoms with E-state index < -0.39 is 0 Å². The van der Waals surface area contributed by atoms with Gasteiger partial charge in [-0.15, -0.1) is 0 Å². The molecule has 1 heterocycles. The Labute approximate surface area is 175 Å². The van der Waals surface area contributed by atoms with E-state index in [0.29, 0.717) is 24.5 Å². The number of para-hydroxylation sites is 1. The maximum absolute atomic E-state index is 14.3. The third-order valence-corrected chi connectivity index (χ3v) is 5.27. The van der Waals surface area contributed by atoms with Crippen LogP contribution in [0, 0.1) is 5.82 Å². The number of hydrogen-bond acceptors (Lipinski definition) is 3. The molecule has 6 heteroatoms. The van der Waals surface area contributed by atoms with E-state index in [0.717, 1.165) is 41.8 Å². The lowest BCUT2D eigenvalue weighted by atomic mass is 10.1. The predicted molar refractivity (Wildman–Crippen MR) is 113 cm³/mol. The lowest BCUT2D eigenvalue weighted by Crippen LogP contribution is -2.27. The highest BCUT2D eigenvalue weighted by Gasteiger charge is 2.29. The highest BCUT2D eigenvalue weighted by atomic mass is 19.1. The van der Waals surface area contributed by atoms with Crippen molar-refractivity contribution in [3.05, 3.63) is 89.5 Å². The van der Waals surface area contributed by atoms with Crippen LogP contribution in [0.15, 0.2) is 61.2 Å². The molecule has 0 N–H and O–H groups in total. The Bertz CT molecular complexity index is 1070. The van der Waals surface area contributed by atoms with E-state index in [9.17, 15) is 9.18 Å². The zero-order valence-corrected chi connectivity index (χ0v) is 17.0. The molecule has 3 aromatic rings. The first-order chi connectivity index (χ1) is 14.6. The van der Waals surface area contributed by atoms with Crippen molar-refractivity contribution in [2.75, 3.05) is 13.7 Å². The third-order valence-electron chi connectivity index (χ3n) is 5.27. The zero-order chi connectivity index (χ0) is 21.1. The van der Waals surface area contributed by atoms with Gasteiger partial charge in [0.1, 0.15) is 23.9 Å². The van der Waals surface area contributed by atoms with E-state index in [-0.39, 0.29) is 11.7 Å². The lowest BCUT2D eigenvalue weighted by Gasteiger charge is -2.17. The van der Waals surface area contributed by atoms with Crippen molar-refractivity contribution in [3.63, 3.8) is 0 Å². The summed E-state index contributed by atoms with van der Waals surface area (Å²) in [6.07, 6.45) is 4.21. The SMILES string of the molecule is C=CCOc1ccc(CN(C)C(=O)c2nn(-c3ccccc3F)c3c2CCC3)cc1. The Balaban J connectivity index is 1.55.